The minimum atomic E-state index is -0.145. The summed E-state index contributed by atoms with van der Waals surface area (Å²) < 4.78 is 7.57. The van der Waals surface area contributed by atoms with Crippen molar-refractivity contribution < 1.29 is 9.53 Å². The Morgan fingerprint density at radius 2 is 2.08 bits per heavy atom. The van der Waals surface area contributed by atoms with Gasteiger partial charge in [-0.2, -0.15) is 5.10 Å². The summed E-state index contributed by atoms with van der Waals surface area (Å²) >= 11 is 0. The van der Waals surface area contributed by atoms with Crippen LogP contribution in [-0.2, 0) is 11.3 Å². The molecule has 1 aromatic carbocycles. The number of hydrogen-bond acceptors (Lipinski definition) is 4. The molecule has 0 aliphatic rings. The molecule has 0 fully saturated rings. The third-order valence-electron chi connectivity index (χ3n) is 4.10. The molecule has 0 radical (unpaired) electrons. The first-order chi connectivity index (χ1) is 11.5. The van der Waals surface area contributed by atoms with E-state index in [1.807, 2.05) is 48.3 Å². The molecule has 2 atom stereocenters. The average Bonchev–Trinajstić information content (AvgIpc) is 3.03. The van der Waals surface area contributed by atoms with Gasteiger partial charge < -0.3 is 15.4 Å². The van der Waals surface area contributed by atoms with E-state index >= 15 is 0 Å². The van der Waals surface area contributed by atoms with Gasteiger partial charge in [0.1, 0.15) is 5.75 Å². The van der Waals surface area contributed by atoms with Crippen molar-refractivity contribution in [2.75, 3.05) is 13.7 Å². The van der Waals surface area contributed by atoms with Crippen molar-refractivity contribution >= 4 is 5.91 Å². The minimum absolute atomic E-state index is 0.0199. The first-order valence-corrected chi connectivity index (χ1v) is 8.16. The average molecular weight is 330 g/mol. The lowest BCUT2D eigenvalue weighted by Crippen LogP contribution is -2.33. The Kier molecular flexibility index (Phi) is 6.37. The molecule has 0 aliphatic carbocycles. The number of amides is 1. The molecule has 0 spiro atoms. The van der Waals surface area contributed by atoms with Crippen LogP contribution < -0.4 is 15.4 Å². The number of rotatable bonds is 8. The van der Waals surface area contributed by atoms with Gasteiger partial charge in [0.2, 0.25) is 0 Å². The summed E-state index contributed by atoms with van der Waals surface area (Å²) in [5.41, 5.74) is 2.18. The molecule has 1 amide bonds. The second-order valence-electron chi connectivity index (χ2n) is 5.98. The van der Waals surface area contributed by atoms with Crippen LogP contribution in [0.25, 0.3) is 0 Å². The van der Waals surface area contributed by atoms with Gasteiger partial charge in [-0.3, -0.25) is 9.48 Å². The van der Waals surface area contributed by atoms with Crippen LogP contribution >= 0.6 is 0 Å². The molecule has 0 aliphatic heterocycles. The first kappa shape index (κ1) is 18.0. The number of nitrogens with zero attached hydrogens (tertiary/aromatic N) is 2. The Balaban J connectivity index is 1.94. The molecule has 2 aromatic rings. The summed E-state index contributed by atoms with van der Waals surface area (Å²) in [6.07, 6.45) is 3.91. The Hall–Kier alpha value is -2.34. The number of aryl methyl sites for hydroxylation is 1. The highest BCUT2D eigenvalue weighted by Crippen LogP contribution is 2.19. The predicted molar refractivity (Wildman–Crippen MR) is 94.0 cm³/mol. The Bertz CT molecular complexity index is 669. The van der Waals surface area contributed by atoms with E-state index in [2.05, 4.69) is 29.6 Å². The van der Waals surface area contributed by atoms with Gasteiger partial charge in [0.15, 0.2) is 6.61 Å². The van der Waals surface area contributed by atoms with Crippen molar-refractivity contribution in [1.29, 1.82) is 0 Å². The van der Waals surface area contributed by atoms with Gasteiger partial charge in [0, 0.05) is 31.4 Å². The van der Waals surface area contributed by atoms with E-state index in [9.17, 15) is 4.79 Å². The molecule has 0 bridgehead atoms. The van der Waals surface area contributed by atoms with Crippen LogP contribution in [-0.4, -0.2) is 35.4 Å². The van der Waals surface area contributed by atoms with Gasteiger partial charge in [-0.1, -0.05) is 18.2 Å². The number of hydrogen-bond donors (Lipinski definition) is 2. The fourth-order valence-corrected chi connectivity index (χ4v) is 2.33. The molecule has 2 N–H and O–H groups in total. The monoisotopic (exact) mass is 330 g/mol. The fraction of sp³-hybridized carbons (Fsp3) is 0.444. The largest absolute Gasteiger partial charge is 0.483 e. The summed E-state index contributed by atoms with van der Waals surface area (Å²) in [4.78, 5) is 11.3. The topological polar surface area (TPSA) is 68.2 Å². The molecular weight excluding hydrogens is 304 g/mol. The van der Waals surface area contributed by atoms with E-state index in [1.54, 1.807) is 7.05 Å². The molecular formula is C18H26N4O2. The number of ether oxygens (including phenoxy) is 1. The number of benzene rings is 1. The van der Waals surface area contributed by atoms with Gasteiger partial charge in [-0.25, -0.2) is 0 Å². The zero-order chi connectivity index (χ0) is 17.5. The van der Waals surface area contributed by atoms with E-state index in [1.165, 1.54) is 0 Å². The maximum absolute atomic E-state index is 11.3. The highest BCUT2D eigenvalue weighted by molar-refractivity contribution is 5.77. The standard InChI is InChI=1S/C18H26N4O2/c1-13-9-21-22(11-13)15(3)14(2)20-10-16-7-5-6-8-17(16)24-12-18(23)19-4/h5-9,11,14-15,20H,10,12H2,1-4H3,(H,19,23)/t14-,15+/m1/s1. The van der Waals surface area contributed by atoms with Gasteiger partial charge in [0.05, 0.1) is 12.2 Å². The Labute approximate surface area is 143 Å². The van der Waals surface area contributed by atoms with Crippen LogP contribution in [0, 0.1) is 6.92 Å². The summed E-state index contributed by atoms with van der Waals surface area (Å²) in [6, 6.07) is 8.22. The normalized spacial score (nSPS) is 13.3. The summed E-state index contributed by atoms with van der Waals surface area (Å²) in [7, 11) is 1.60. The van der Waals surface area contributed by atoms with Crippen LogP contribution in [0.1, 0.15) is 31.0 Å². The van der Waals surface area contributed by atoms with Crippen molar-refractivity contribution in [3.63, 3.8) is 0 Å². The summed E-state index contributed by atoms with van der Waals surface area (Å²) in [5.74, 6) is 0.581. The summed E-state index contributed by atoms with van der Waals surface area (Å²) in [5, 5.41) is 10.4. The second kappa shape index (κ2) is 8.49. The maximum atomic E-state index is 11.3. The zero-order valence-corrected chi connectivity index (χ0v) is 14.7. The third kappa shape index (κ3) is 4.83. The number of aromatic nitrogens is 2. The van der Waals surface area contributed by atoms with Crippen LogP contribution in [0.2, 0.25) is 0 Å². The lowest BCUT2D eigenvalue weighted by molar-refractivity contribution is -0.122. The van der Waals surface area contributed by atoms with Crippen molar-refractivity contribution in [2.45, 2.75) is 39.4 Å². The highest BCUT2D eigenvalue weighted by Gasteiger charge is 2.15. The molecule has 0 unspecified atom stereocenters. The van der Waals surface area contributed by atoms with Crippen LogP contribution in [0.3, 0.4) is 0 Å². The Morgan fingerprint density at radius 1 is 1.33 bits per heavy atom. The third-order valence-corrected chi connectivity index (χ3v) is 4.10. The van der Waals surface area contributed by atoms with E-state index in [4.69, 9.17) is 4.74 Å². The van der Waals surface area contributed by atoms with E-state index in [-0.39, 0.29) is 24.6 Å². The molecule has 0 saturated carbocycles. The lowest BCUT2D eigenvalue weighted by atomic mass is 10.1. The molecule has 24 heavy (non-hydrogen) atoms. The van der Waals surface area contributed by atoms with Crippen molar-refractivity contribution in [1.82, 2.24) is 20.4 Å². The Morgan fingerprint density at radius 3 is 2.75 bits per heavy atom. The molecule has 2 rings (SSSR count). The van der Waals surface area contributed by atoms with Crippen molar-refractivity contribution in [3.05, 3.63) is 47.8 Å². The molecule has 1 heterocycles. The molecule has 6 nitrogen and oxygen atoms in total. The molecule has 130 valence electrons. The second-order valence-corrected chi connectivity index (χ2v) is 5.98. The molecule has 6 heteroatoms. The molecule has 1 aromatic heterocycles. The number of para-hydroxylation sites is 1. The summed E-state index contributed by atoms with van der Waals surface area (Å²) in [6.45, 7) is 6.99. The van der Waals surface area contributed by atoms with Crippen LogP contribution in [0.5, 0.6) is 5.75 Å². The maximum Gasteiger partial charge on any atom is 0.257 e. The van der Waals surface area contributed by atoms with E-state index in [0.29, 0.717) is 6.54 Å². The van der Waals surface area contributed by atoms with Crippen LogP contribution in [0.4, 0.5) is 0 Å². The number of carbonyl (C=O) groups excluding carboxylic acids is 1. The predicted octanol–water partition coefficient (Wildman–Crippen LogP) is 2.06. The number of carbonyl (C=O) groups is 1. The number of likely N-dealkylation sites (N-methyl/N-ethyl adjacent to an activating group) is 1. The SMILES string of the molecule is CNC(=O)COc1ccccc1CN[C@H](C)[C@H](C)n1cc(C)cn1. The zero-order valence-electron chi connectivity index (χ0n) is 14.7. The quantitative estimate of drug-likeness (QED) is 0.777. The minimum Gasteiger partial charge on any atom is -0.483 e. The lowest BCUT2D eigenvalue weighted by Gasteiger charge is -2.22. The van der Waals surface area contributed by atoms with Gasteiger partial charge >= 0.3 is 0 Å². The fourth-order valence-electron chi connectivity index (χ4n) is 2.33. The van der Waals surface area contributed by atoms with Crippen LogP contribution in [0.15, 0.2) is 36.7 Å². The number of nitrogens with one attached hydrogen (secondary N) is 2. The van der Waals surface area contributed by atoms with Gasteiger partial charge in [0.25, 0.3) is 5.91 Å². The van der Waals surface area contributed by atoms with Crippen molar-refractivity contribution in [2.24, 2.45) is 0 Å². The first-order valence-electron chi connectivity index (χ1n) is 8.16. The van der Waals surface area contributed by atoms with Gasteiger partial charge in [-0.05, 0) is 32.4 Å². The molecule has 0 saturated heterocycles. The van der Waals surface area contributed by atoms with Gasteiger partial charge in [-0.15, -0.1) is 0 Å². The van der Waals surface area contributed by atoms with E-state index < -0.39 is 0 Å². The smallest absolute Gasteiger partial charge is 0.257 e. The highest BCUT2D eigenvalue weighted by atomic mass is 16.5. The van der Waals surface area contributed by atoms with E-state index in [0.717, 1.165) is 16.9 Å². The van der Waals surface area contributed by atoms with Crippen molar-refractivity contribution in [3.8, 4) is 5.75 Å².